The van der Waals surface area contributed by atoms with Crippen molar-refractivity contribution in [2.45, 2.75) is 20.8 Å². The number of thiophene rings is 1. The first-order chi connectivity index (χ1) is 9.43. The average molecular weight is 349 g/mol. The van der Waals surface area contributed by atoms with Crippen molar-refractivity contribution in [1.29, 1.82) is 5.26 Å². The van der Waals surface area contributed by atoms with Gasteiger partial charge in [0.15, 0.2) is 0 Å². The van der Waals surface area contributed by atoms with Gasteiger partial charge in [-0.1, -0.05) is 22.0 Å². The van der Waals surface area contributed by atoms with Gasteiger partial charge in [-0.05, 0) is 44.0 Å². The molecule has 0 bridgehead atoms. The maximum absolute atomic E-state index is 12.2. The lowest BCUT2D eigenvalue weighted by molar-refractivity contribution is 0.102. The first-order valence-corrected chi connectivity index (χ1v) is 7.62. The summed E-state index contributed by atoms with van der Waals surface area (Å²) < 4.78 is 0.893. The van der Waals surface area contributed by atoms with Gasteiger partial charge in [0.25, 0.3) is 5.91 Å². The molecule has 1 N–H and O–H groups in total. The summed E-state index contributed by atoms with van der Waals surface area (Å²) >= 11 is 4.84. The van der Waals surface area contributed by atoms with Crippen molar-refractivity contribution in [1.82, 2.24) is 0 Å². The minimum absolute atomic E-state index is 0.205. The molecule has 2 aromatic rings. The molecule has 1 amide bonds. The van der Waals surface area contributed by atoms with E-state index in [-0.39, 0.29) is 5.91 Å². The highest BCUT2D eigenvalue weighted by atomic mass is 79.9. The van der Waals surface area contributed by atoms with Crippen molar-refractivity contribution in [2.24, 2.45) is 0 Å². The van der Waals surface area contributed by atoms with Crippen LogP contribution in [0.5, 0.6) is 0 Å². The fraction of sp³-hybridized carbons (Fsp3) is 0.200. The third-order valence-corrected chi connectivity index (χ3v) is 5.14. The van der Waals surface area contributed by atoms with Crippen LogP contribution in [-0.2, 0) is 0 Å². The van der Waals surface area contributed by atoms with Crippen LogP contribution in [0, 0.1) is 32.1 Å². The summed E-state index contributed by atoms with van der Waals surface area (Å²) in [6.07, 6.45) is 0. The second-order valence-corrected chi connectivity index (χ2v) is 6.60. The summed E-state index contributed by atoms with van der Waals surface area (Å²) in [5.41, 5.74) is 3.11. The summed E-state index contributed by atoms with van der Waals surface area (Å²) in [6.45, 7) is 5.80. The van der Waals surface area contributed by atoms with Gasteiger partial charge < -0.3 is 5.32 Å². The van der Waals surface area contributed by atoms with E-state index in [1.54, 1.807) is 12.1 Å². The molecule has 3 nitrogen and oxygen atoms in total. The van der Waals surface area contributed by atoms with E-state index < -0.39 is 0 Å². The van der Waals surface area contributed by atoms with Crippen LogP contribution in [0.4, 0.5) is 5.00 Å². The Labute approximate surface area is 130 Å². The lowest BCUT2D eigenvalue weighted by Gasteiger charge is -2.05. The van der Waals surface area contributed by atoms with Gasteiger partial charge in [0.05, 0.1) is 5.56 Å². The average Bonchev–Trinajstić information content (AvgIpc) is 2.67. The zero-order chi connectivity index (χ0) is 14.9. The molecule has 0 aliphatic heterocycles. The van der Waals surface area contributed by atoms with Crippen molar-refractivity contribution in [3.8, 4) is 6.07 Å². The van der Waals surface area contributed by atoms with Gasteiger partial charge in [-0.3, -0.25) is 4.79 Å². The number of amides is 1. The van der Waals surface area contributed by atoms with E-state index in [0.29, 0.717) is 16.1 Å². The van der Waals surface area contributed by atoms with Crippen LogP contribution in [0.15, 0.2) is 22.7 Å². The lowest BCUT2D eigenvalue weighted by atomic mass is 10.1. The number of carbonyl (C=O) groups is 1. The zero-order valence-corrected chi connectivity index (χ0v) is 13.8. The zero-order valence-electron chi connectivity index (χ0n) is 11.4. The number of anilines is 1. The van der Waals surface area contributed by atoms with Gasteiger partial charge in [0.1, 0.15) is 11.1 Å². The molecule has 102 valence electrons. The van der Waals surface area contributed by atoms with E-state index >= 15 is 0 Å². The Balaban J connectivity index is 2.30. The molecule has 20 heavy (non-hydrogen) atoms. The van der Waals surface area contributed by atoms with Crippen molar-refractivity contribution < 1.29 is 4.79 Å². The van der Waals surface area contributed by atoms with Gasteiger partial charge in [-0.25, -0.2) is 0 Å². The molecule has 0 spiro atoms. The molecule has 0 aliphatic rings. The Morgan fingerprint density at radius 2 is 2.05 bits per heavy atom. The fourth-order valence-electron chi connectivity index (χ4n) is 1.76. The van der Waals surface area contributed by atoms with Gasteiger partial charge in [-0.15, -0.1) is 11.3 Å². The molecule has 0 unspecified atom stereocenters. The van der Waals surface area contributed by atoms with Crippen LogP contribution in [-0.4, -0.2) is 5.91 Å². The first-order valence-electron chi connectivity index (χ1n) is 6.01. The van der Waals surface area contributed by atoms with Crippen LogP contribution >= 0.6 is 27.3 Å². The fourth-order valence-corrected chi connectivity index (χ4v) is 3.14. The Morgan fingerprint density at radius 3 is 2.65 bits per heavy atom. The van der Waals surface area contributed by atoms with Gasteiger partial charge in [0, 0.05) is 14.9 Å². The molecular formula is C15H13BrN2OS. The predicted molar refractivity (Wildman–Crippen MR) is 85.3 cm³/mol. The summed E-state index contributed by atoms with van der Waals surface area (Å²) in [5, 5.41) is 12.6. The number of hydrogen-bond acceptors (Lipinski definition) is 3. The van der Waals surface area contributed by atoms with Crippen LogP contribution in [0.2, 0.25) is 0 Å². The van der Waals surface area contributed by atoms with Crippen molar-refractivity contribution in [3.05, 3.63) is 49.8 Å². The Bertz CT molecular complexity index is 728. The number of benzene rings is 1. The standard InChI is InChI=1S/C15H13BrN2OS/c1-8-4-5-11(6-13(8)16)14(19)18-15-12(7-17)9(2)10(3)20-15/h4-6H,1-3H3,(H,18,19). The van der Waals surface area contributed by atoms with Crippen molar-refractivity contribution in [2.75, 3.05) is 5.32 Å². The largest absolute Gasteiger partial charge is 0.312 e. The Morgan fingerprint density at radius 1 is 1.35 bits per heavy atom. The molecule has 1 aromatic carbocycles. The van der Waals surface area contributed by atoms with E-state index in [1.165, 1.54) is 11.3 Å². The summed E-state index contributed by atoms with van der Waals surface area (Å²) in [6, 6.07) is 7.59. The molecule has 5 heteroatoms. The quantitative estimate of drug-likeness (QED) is 0.864. The minimum Gasteiger partial charge on any atom is -0.312 e. The number of halogens is 1. The highest BCUT2D eigenvalue weighted by molar-refractivity contribution is 9.10. The molecule has 0 atom stereocenters. The highest BCUT2D eigenvalue weighted by Gasteiger charge is 2.15. The van der Waals surface area contributed by atoms with E-state index in [0.717, 1.165) is 20.5 Å². The topological polar surface area (TPSA) is 52.9 Å². The second kappa shape index (κ2) is 5.78. The lowest BCUT2D eigenvalue weighted by Crippen LogP contribution is -2.11. The van der Waals surface area contributed by atoms with Crippen LogP contribution in [0.3, 0.4) is 0 Å². The SMILES string of the molecule is Cc1ccc(C(=O)Nc2sc(C)c(C)c2C#N)cc1Br. The summed E-state index contributed by atoms with van der Waals surface area (Å²) in [7, 11) is 0. The first kappa shape index (κ1) is 14.8. The number of hydrogen-bond donors (Lipinski definition) is 1. The van der Waals surface area contributed by atoms with Crippen LogP contribution in [0.25, 0.3) is 0 Å². The smallest absolute Gasteiger partial charge is 0.256 e. The van der Waals surface area contributed by atoms with E-state index in [1.807, 2.05) is 26.8 Å². The molecule has 0 aliphatic carbocycles. The Kier molecular flexibility index (Phi) is 4.26. The molecule has 1 heterocycles. The van der Waals surface area contributed by atoms with Crippen molar-refractivity contribution in [3.63, 3.8) is 0 Å². The van der Waals surface area contributed by atoms with E-state index in [9.17, 15) is 10.1 Å². The molecule has 0 fully saturated rings. The number of carbonyl (C=O) groups excluding carboxylic acids is 1. The minimum atomic E-state index is -0.205. The Hall–Kier alpha value is -1.64. The molecule has 1 aromatic heterocycles. The summed E-state index contributed by atoms with van der Waals surface area (Å²) in [5.74, 6) is -0.205. The molecule has 0 saturated carbocycles. The summed E-state index contributed by atoms with van der Waals surface area (Å²) in [4.78, 5) is 13.3. The molecule has 2 rings (SSSR count). The number of nitrogens with one attached hydrogen (secondary N) is 1. The predicted octanol–water partition coefficient (Wildman–Crippen LogP) is 4.56. The molecule has 0 saturated heterocycles. The number of aryl methyl sites for hydroxylation is 2. The number of nitrogens with zero attached hydrogens (tertiary/aromatic N) is 1. The highest BCUT2D eigenvalue weighted by Crippen LogP contribution is 2.32. The third-order valence-electron chi connectivity index (χ3n) is 3.16. The second-order valence-electron chi connectivity index (χ2n) is 4.52. The van der Waals surface area contributed by atoms with Crippen LogP contribution in [0.1, 0.15) is 31.9 Å². The maximum atomic E-state index is 12.2. The number of nitriles is 1. The van der Waals surface area contributed by atoms with Crippen LogP contribution < -0.4 is 5.32 Å². The van der Waals surface area contributed by atoms with E-state index in [2.05, 4.69) is 27.3 Å². The third kappa shape index (κ3) is 2.77. The van der Waals surface area contributed by atoms with Gasteiger partial charge in [-0.2, -0.15) is 5.26 Å². The van der Waals surface area contributed by atoms with Crippen molar-refractivity contribution >= 4 is 38.2 Å². The molecular weight excluding hydrogens is 336 g/mol. The monoisotopic (exact) mass is 348 g/mol. The number of rotatable bonds is 2. The normalized spacial score (nSPS) is 10.2. The maximum Gasteiger partial charge on any atom is 0.256 e. The molecule has 0 radical (unpaired) electrons. The van der Waals surface area contributed by atoms with E-state index in [4.69, 9.17) is 0 Å². The van der Waals surface area contributed by atoms with Gasteiger partial charge >= 0.3 is 0 Å². The van der Waals surface area contributed by atoms with Gasteiger partial charge in [0.2, 0.25) is 0 Å².